The Balaban J connectivity index is 1.42. The minimum absolute atomic E-state index is 0.0577. The normalized spacial score (nSPS) is 18.1. The van der Waals surface area contributed by atoms with Crippen LogP contribution in [0, 0.1) is 5.82 Å². The molecule has 2 aliphatic rings. The molecule has 0 aliphatic carbocycles. The highest BCUT2D eigenvalue weighted by molar-refractivity contribution is 6.74. The fraction of sp³-hybridized carbons (Fsp3) is 0.519. The van der Waals surface area contributed by atoms with E-state index in [-0.39, 0.29) is 22.5 Å². The molecule has 9 nitrogen and oxygen atoms in total. The largest absolute Gasteiger partial charge is 0.443 e. The Labute approximate surface area is 223 Å². The summed E-state index contributed by atoms with van der Waals surface area (Å²) in [6, 6.07) is 6.42. The number of halogens is 1. The number of pyridine rings is 1. The van der Waals surface area contributed by atoms with Gasteiger partial charge in [0.05, 0.1) is 31.4 Å². The molecule has 206 valence electrons. The van der Waals surface area contributed by atoms with E-state index in [1.807, 2.05) is 0 Å². The van der Waals surface area contributed by atoms with Crippen LogP contribution < -0.4 is 16.2 Å². The molecule has 1 fully saturated rings. The first-order valence-corrected chi connectivity index (χ1v) is 16.0. The average Bonchev–Trinajstić information content (AvgIpc) is 3.24. The van der Waals surface area contributed by atoms with E-state index in [2.05, 4.69) is 49.5 Å². The van der Waals surface area contributed by atoms with Crippen molar-refractivity contribution in [1.29, 1.82) is 0 Å². The van der Waals surface area contributed by atoms with Crippen molar-refractivity contribution in [1.82, 2.24) is 20.1 Å². The van der Waals surface area contributed by atoms with Crippen molar-refractivity contribution in [3.8, 4) is 0 Å². The molecule has 2 aliphatic heterocycles. The van der Waals surface area contributed by atoms with Crippen LogP contribution >= 0.6 is 0 Å². The molecule has 1 aromatic heterocycles. The monoisotopic (exact) mass is 543 g/mol. The van der Waals surface area contributed by atoms with Gasteiger partial charge in [-0.05, 0) is 54.7 Å². The summed E-state index contributed by atoms with van der Waals surface area (Å²) >= 11 is 0. The quantitative estimate of drug-likeness (QED) is 0.351. The summed E-state index contributed by atoms with van der Waals surface area (Å²) in [5.41, 5.74) is 0.913. The van der Waals surface area contributed by atoms with E-state index >= 15 is 4.39 Å². The minimum atomic E-state index is -1.98. The number of rotatable bonds is 10. The Morgan fingerprint density at radius 3 is 2.71 bits per heavy atom. The van der Waals surface area contributed by atoms with E-state index in [1.54, 1.807) is 29.1 Å². The average molecular weight is 544 g/mol. The van der Waals surface area contributed by atoms with Gasteiger partial charge in [0.1, 0.15) is 17.7 Å². The van der Waals surface area contributed by atoms with Crippen LogP contribution in [-0.2, 0) is 22.1 Å². The van der Waals surface area contributed by atoms with E-state index in [0.29, 0.717) is 62.7 Å². The Morgan fingerprint density at radius 1 is 1.24 bits per heavy atom. The predicted molar refractivity (Wildman–Crippen MR) is 149 cm³/mol. The minimum Gasteiger partial charge on any atom is -0.443 e. The molecule has 11 heteroatoms. The number of amides is 1. The number of carbonyl (C=O) groups is 1. The molecule has 4 rings (SSSR count). The van der Waals surface area contributed by atoms with Gasteiger partial charge in [0, 0.05) is 30.9 Å². The molecule has 1 amide bonds. The number of cyclic esters (lactones) is 1. The third kappa shape index (κ3) is 6.16. The van der Waals surface area contributed by atoms with Crippen molar-refractivity contribution in [2.24, 2.45) is 4.99 Å². The van der Waals surface area contributed by atoms with Crippen molar-refractivity contribution in [3.05, 3.63) is 58.0 Å². The Kier molecular flexibility index (Phi) is 8.39. The smallest absolute Gasteiger partial charge is 0.415 e. The second-order valence-corrected chi connectivity index (χ2v) is 16.0. The predicted octanol–water partition coefficient (Wildman–Crippen LogP) is 3.59. The van der Waals surface area contributed by atoms with Crippen LogP contribution in [0.4, 0.5) is 9.18 Å². The lowest BCUT2D eigenvalue weighted by molar-refractivity contribution is 0.133. The van der Waals surface area contributed by atoms with Crippen LogP contribution in [0.2, 0.25) is 18.1 Å². The molecular formula is C27H38FN5O4Si. The number of carbonyl (C=O) groups excluding carboxylic acids is 1. The molecule has 3 heterocycles. The van der Waals surface area contributed by atoms with Gasteiger partial charge in [0.15, 0.2) is 8.32 Å². The molecule has 2 aromatic rings. The van der Waals surface area contributed by atoms with Gasteiger partial charge in [-0.25, -0.2) is 9.18 Å². The van der Waals surface area contributed by atoms with Gasteiger partial charge in [-0.2, -0.15) is 0 Å². The summed E-state index contributed by atoms with van der Waals surface area (Å²) in [6.07, 6.45) is 2.94. The van der Waals surface area contributed by atoms with Crippen LogP contribution in [0.15, 0.2) is 46.1 Å². The van der Waals surface area contributed by atoms with Crippen molar-refractivity contribution in [2.75, 3.05) is 32.8 Å². The number of hydrogen-bond acceptors (Lipinski definition) is 7. The van der Waals surface area contributed by atoms with E-state index in [4.69, 9.17) is 9.16 Å². The van der Waals surface area contributed by atoms with Crippen molar-refractivity contribution in [3.63, 3.8) is 0 Å². The van der Waals surface area contributed by atoms with Crippen LogP contribution in [0.25, 0.3) is 10.9 Å². The molecule has 2 N–H and O–H groups in total. The standard InChI is InChI=1S/C27H38FN5O4Si/c1-27(2,3)38(4,5)36-15-14-32-24(34)9-7-19-6-8-22(28)21(25(19)32)10-11-29-16-20-18-33(26(35)37-20)23-17-30-12-13-31-23/h6-9,12,17,20,29,31H,10-11,13-16,18H2,1-5H3/t20-/m0/s1. The summed E-state index contributed by atoms with van der Waals surface area (Å²) in [5.74, 6) is 0.270. The van der Waals surface area contributed by atoms with Crippen molar-refractivity contribution in [2.45, 2.75) is 58.0 Å². The second-order valence-electron chi connectivity index (χ2n) is 11.2. The van der Waals surface area contributed by atoms with Crippen LogP contribution in [0.5, 0.6) is 0 Å². The van der Waals surface area contributed by atoms with Gasteiger partial charge in [-0.15, -0.1) is 0 Å². The molecule has 1 atom stereocenters. The molecule has 0 spiro atoms. The Hall–Kier alpha value is -3.02. The molecular weight excluding hydrogens is 505 g/mol. The number of hydrogen-bond donors (Lipinski definition) is 2. The third-order valence-electron chi connectivity index (χ3n) is 7.55. The Morgan fingerprint density at radius 2 is 2.00 bits per heavy atom. The zero-order valence-electron chi connectivity index (χ0n) is 22.8. The lowest BCUT2D eigenvalue weighted by Crippen LogP contribution is -2.41. The molecule has 38 heavy (non-hydrogen) atoms. The fourth-order valence-corrected chi connectivity index (χ4v) is 5.39. The van der Waals surface area contributed by atoms with E-state index in [1.165, 1.54) is 17.0 Å². The van der Waals surface area contributed by atoms with Crippen LogP contribution in [-0.4, -0.2) is 69.0 Å². The zero-order chi connectivity index (χ0) is 27.5. The summed E-state index contributed by atoms with van der Waals surface area (Å²) in [5, 5.41) is 7.25. The maximum Gasteiger partial charge on any atom is 0.415 e. The highest BCUT2D eigenvalue weighted by atomic mass is 28.4. The molecule has 0 radical (unpaired) electrons. The molecule has 0 unspecified atom stereocenters. The number of aromatic nitrogens is 1. The highest BCUT2D eigenvalue weighted by Gasteiger charge is 2.37. The van der Waals surface area contributed by atoms with Crippen LogP contribution in [0.1, 0.15) is 26.3 Å². The first-order chi connectivity index (χ1) is 18.0. The molecule has 0 saturated carbocycles. The lowest BCUT2D eigenvalue weighted by Gasteiger charge is -2.36. The SMILES string of the molecule is CC(C)(C)[Si](C)(C)OCCn1c(=O)ccc2ccc(F)c(CCNC[C@H]3CN(C4=CN=CCN4)C(=O)O3)c21. The number of nitrogens with one attached hydrogen (secondary N) is 2. The summed E-state index contributed by atoms with van der Waals surface area (Å²) < 4.78 is 28.5. The van der Waals surface area contributed by atoms with Gasteiger partial charge in [0.25, 0.3) is 5.56 Å². The Bertz CT molecular complexity index is 1300. The molecule has 1 aromatic carbocycles. The number of aliphatic imine (C=N–C) groups is 1. The maximum absolute atomic E-state index is 15.1. The van der Waals surface area contributed by atoms with E-state index in [0.717, 1.165) is 5.39 Å². The van der Waals surface area contributed by atoms with E-state index in [9.17, 15) is 9.59 Å². The third-order valence-corrected chi connectivity index (χ3v) is 12.1. The highest BCUT2D eigenvalue weighted by Crippen LogP contribution is 2.36. The van der Waals surface area contributed by atoms with Gasteiger partial charge >= 0.3 is 6.09 Å². The van der Waals surface area contributed by atoms with Crippen molar-refractivity contribution >= 4 is 31.5 Å². The van der Waals surface area contributed by atoms with Gasteiger partial charge in [0.2, 0.25) is 0 Å². The summed E-state index contributed by atoms with van der Waals surface area (Å²) in [7, 11) is -1.98. The summed E-state index contributed by atoms with van der Waals surface area (Å²) in [6.45, 7) is 13.5. The molecule has 1 saturated heterocycles. The fourth-order valence-electron chi connectivity index (χ4n) is 4.35. The first-order valence-electron chi connectivity index (χ1n) is 13.1. The lowest BCUT2D eigenvalue weighted by atomic mass is 10.1. The van der Waals surface area contributed by atoms with Gasteiger partial charge < -0.3 is 24.4 Å². The van der Waals surface area contributed by atoms with Gasteiger partial charge in [-0.1, -0.05) is 20.8 Å². The van der Waals surface area contributed by atoms with E-state index < -0.39 is 14.4 Å². The number of fused-ring (bicyclic) bond motifs is 1. The number of nitrogens with zero attached hydrogens (tertiary/aromatic N) is 3. The molecule has 0 bridgehead atoms. The maximum atomic E-state index is 15.1. The zero-order valence-corrected chi connectivity index (χ0v) is 23.8. The van der Waals surface area contributed by atoms with Gasteiger partial charge in [-0.3, -0.25) is 14.7 Å². The summed E-state index contributed by atoms with van der Waals surface area (Å²) in [4.78, 5) is 30.7. The second kappa shape index (κ2) is 11.4. The van der Waals surface area contributed by atoms with Crippen LogP contribution in [0.3, 0.4) is 0 Å². The number of benzene rings is 1. The number of ether oxygens (including phenoxy) is 1. The topological polar surface area (TPSA) is 97.2 Å². The van der Waals surface area contributed by atoms with Crippen molar-refractivity contribution < 1.29 is 18.3 Å². The first kappa shape index (κ1) is 28.0.